The summed E-state index contributed by atoms with van der Waals surface area (Å²) < 4.78 is 0. The number of piperidine rings is 1. The predicted octanol–water partition coefficient (Wildman–Crippen LogP) is 4.34. The van der Waals surface area contributed by atoms with Crippen LogP contribution < -0.4 is 15.5 Å². The maximum absolute atomic E-state index is 4.85. The van der Waals surface area contributed by atoms with Crippen molar-refractivity contribution in [2.24, 2.45) is 4.99 Å². The van der Waals surface area contributed by atoms with E-state index in [-0.39, 0.29) is 24.0 Å². The number of benzene rings is 1. The number of nitrogens with one attached hydrogen (secondary N) is 2. The summed E-state index contributed by atoms with van der Waals surface area (Å²) in [6, 6.07) is 15.3. The molecule has 1 aromatic carbocycles. The van der Waals surface area contributed by atoms with Gasteiger partial charge in [-0.15, -0.1) is 24.0 Å². The molecule has 0 amide bonds. The van der Waals surface area contributed by atoms with E-state index in [2.05, 4.69) is 77.7 Å². The summed E-state index contributed by atoms with van der Waals surface area (Å²) in [5, 5.41) is 7.04. The summed E-state index contributed by atoms with van der Waals surface area (Å²) in [5.41, 5.74) is 2.64. The summed E-state index contributed by atoms with van der Waals surface area (Å²) in [7, 11) is 0. The Hall–Kier alpha value is -1.83. The Labute approximate surface area is 192 Å². The third kappa shape index (κ3) is 7.17. The van der Waals surface area contributed by atoms with Gasteiger partial charge in [0, 0.05) is 44.3 Å². The molecule has 2 heterocycles. The Morgan fingerprint density at radius 3 is 2.52 bits per heavy atom. The third-order valence-corrected chi connectivity index (χ3v) is 5.32. The van der Waals surface area contributed by atoms with Crippen molar-refractivity contribution in [2.75, 3.05) is 31.1 Å². The average Bonchev–Trinajstić information content (AvgIpc) is 2.73. The summed E-state index contributed by atoms with van der Waals surface area (Å²) in [5.74, 6) is 2.41. The number of aromatic nitrogens is 1. The van der Waals surface area contributed by atoms with Gasteiger partial charge in [-0.3, -0.25) is 4.99 Å². The van der Waals surface area contributed by atoms with Crippen molar-refractivity contribution in [3.05, 3.63) is 59.8 Å². The van der Waals surface area contributed by atoms with Crippen molar-refractivity contribution >= 4 is 35.8 Å². The van der Waals surface area contributed by atoms with Gasteiger partial charge < -0.3 is 15.5 Å². The molecule has 0 aliphatic carbocycles. The van der Waals surface area contributed by atoms with Crippen LogP contribution in [0.5, 0.6) is 0 Å². The van der Waals surface area contributed by atoms with Gasteiger partial charge in [0.1, 0.15) is 5.82 Å². The van der Waals surface area contributed by atoms with Crippen molar-refractivity contribution in [3.8, 4) is 0 Å². The quantitative estimate of drug-likeness (QED) is 0.347. The van der Waals surface area contributed by atoms with Crippen LogP contribution in [-0.2, 0) is 0 Å². The Morgan fingerprint density at radius 2 is 1.90 bits per heavy atom. The molecular formula is C23H34IN5. The lowest BCUT2D eigenvalue weighted by Crippen LogP contribution is -2.49. The molecule has 1 aliphatic heterocycles. The average molecular weight is 507 g/mol. The molecule has 1 aliphatic rings. The van der Waals surface area contributed by atoms with Crippen LogP contribution in [0.3, 0.4) is 0 Å². The van der Waals surface area contributed by atoms with E-state index in [1.807, 2.05) is 12.3 Å². The molecule has 1 aromatic heterocycles. The molecule has 2 N–H and O–H groups in total. The molecule has 6 heteroatoms. The van der Waals surface area contributed by atoms with Gasteiger partial charge in [0.05, 0.1) is 0 Å². The van der Waals surface area contributed by atoms with Crippen LogP contribution in [0.1, 0.15) is 43.7 Å². The lowest BCUT2D eigenvalue weighted by molar-refractivity contribution is 0.459. The van der Waals surface area contributed by atoms with Gasteiger partial charge in [0.2, 0.25) is 0 Å². The maximum Gasteiger partial charge on any atom is 0.191 e. The van der Waals surface area contributed by atoms with E-state index in [1.165, 1.54) is 11.1 Å². The molecule has 158 valence electrons. The van der Waals surface area contributed by atoms with E-state index in [4.69, 9.17) is 4.99 Å². The summed E-state index contributed by atoms with van der Waals surface area (Å²) in [6.45, 7) is 10.2. The van der Waals surface area contributed by atoms with E-state index in [1.54, 1.807) is 0 Å². The van der Waals surface area contributed by atoms with Crippen LogP contribution >= 0.6 is 24.0 Å². The van der Waals surface area contributed by atoms with Crippen LogP contribution in [0.4, 0.5) is 5.82 Å². The third-order valence-electron chi connectivity index (χ3n) is 5.32. The van der Waals surface area contributed by atoms with Crippen molar-refractivity contribution in [1.29, 1.82) is 0 Å². The van der Waals surface area contributed by atoms with Gasteiger partial charge in [-0.2, -0.15) is 0 Å². The van der Waals surface area contributed by atoms with Gasteiger partial charge in [-0.25, -0.2) is 4.98 Å². The highest BCUT2D eigenvalue weighted by Gasteiger charge is 2.20. The van der Waals surface area contributed by atoms with Crippen molar-refractivity contribution < 1.29 is 0 Å². The lowest BCUT2D eigenvalue weighted by atomic mass is 10.0. The molecule has 5 nitrogen and oxygen atoms in total. The van der Waals surface area contributed by atoms with Crippen molar-refractivity contribution in [1.82, 2.24) is 15.6 Å². The fourth-order valence-corrected chi connectivity index (χ4v) is 3.54. The number of nitrogens with zero attached hydrogens (tertiary/aromatic N) is 3. The molecule has 2 aromatic rings. The molecule has 3 rings (SSSR count). The minimum Gasteiger partial charge on any atom is -0.357 e. The Balaban J connectivity index is 0.00000300. The van der Waals surface area contributed by atoms with Gasteiger partial charge in [-0.05, 0) is 44.4 Å². The van der Waals surface area contributed by atoms with Crippen molar-refractivity contribution in [3.63, 3.8) is 0 Å². The Morgan fingerprint density at radius 1 is 1.17 bits per heavy atom. The van der Waals surface area contributed by atoms with Crippen LogP contribution in [0.2, 0.25) is 0 Å². The normalized spacial score (nSPS) is 16.1. The zero-order valence-corrected chi connectivity index (χ0v) is 20.1. The zero-order chi connectivity index (χ0) is 19.8. The monoisotopic (exact) mass is 507 g/mol. The number of guanidine groups is 1. The highest BCUT2D eigenvalue weighted by molar-refractivity contribution is 14.0. The number of pyridine rings is 1. The predicted molar refractivity (Wildman–Crippen MR) is 134 cm³/mol. The van der Waals surface area contributed by atoms with Crippen LogP contribution in [0.15, 0.2) is 53.7 Å². The van der Waals surface area contributed by atoms with E-state index in [9.17, 15) is 0 Å². The molecule has 0 saturated carbocycles. The van der Waals surface area contributed by atoms with Gasteiger partial charge in [0.25, 0.3) is 0 Å². The smallest absolute Gasteiger partial charge is 0.191 e. The first-order valence-electron chi connectivity index (χ1n) is 10.4. The first kappa shape index (κ1) is 23.4. The van der Waals surface area contributed by atoms with E-state index >= 15 is 0 Å². The second kappa shape index (κ2) is 12.0. The minimum absolute atomic E-state index is 0. The summed E-state index contributed by atoms with van der Waals surface area (Å²) >= 11 is 0. The largest absolute Gasteiger partial charge is 0.357 e. The number of hydrogen-bond acceptors (Lipinski definition) is 3. The number of aryl methyl sites for hydroxylation is 1. The van der Waals surface area contributed by atoms with E-state index in [0.717, 1.165) is 50.8 Å². The first-order chi connectivity index (χ1) is 13.7. The molecule has 0 spiro atoms. The number of aliphatic imine (C=N–C) groups is 1. The standard InChI is InChI=1S/C23H33N5.HI/c1-4-24-23(26-17-19(3)20-10-8-18(2)9-11-20)27-21-12-15-28(16-13-21)22-7-5-6-14-25-22;/h5-11,14,19,21H,4,12-13,15-17H2,1-3H3,(H2,24,26,27);1H. The second-order valence-corrected chi connectivity index (χ2v) is 7.62. The molecule has 1 unspecified atom stereocenters. The number of rotatable bonds is 6. The van der Waals surface area contributed by atoms with Gasteiger partial charge in [0.15, 0.2) is 5.96 Å². The molecular weight excluding hydrogens is 473 g/mol. The van der Waals surface area contributed by atoms with Crippen LogP contribution in [0, 0.1) is 6.92 Å². The summed E-state index contributed by atoms with van der Waals surface area (Å²) in [6.07, 6.45) is 4.05. The maximum atomic E-state index is 4.85. The fraction of sp³-hybridized carbons (Fsp3) is 0.478. The number of hydrogen-bond donors (Lipinski definition) is 2. The highest BCUT2D eigenvalue weighted by Crippen LogP contribution is 2.18. The molecule has 1 saturated heterocycles. The molecule has 1 atom stereocenters. The Kier molecular flexibility index (Phi) is 9.70. The molecule has 0 bridgehead atoms. The van der Waals surface area contributed by atoms with Crippen LogP contribution in [-0.4, -0.2) is 43.2 Å². The molecule has 0 radical (unpaired) electrons. The molecule has 1 fully saturated rings. The number of anilines is 1. The zero-order valence-electron chi connectivity index (χ0n) is 17.8. The van der Waals surface area contributed by atoms with Gasteiger partial charge in [-0.1, -0.05) is 42.8 Å². The topological polar surface area (TPSA) is 52.6 Å². The molecule has 29 heavy (non-hydrogen) atoms. The van der Waals surface area contributed by atoms with Gasteiger partial charge >= 0.3 is 0 Å². The SMILES string of the molecule is CCNC(=NCC(C)c1ccc(C)cc1)NC1CCN(c2ccccn2)CC1.I. The highest BCUT2D eigenvalue weighted by atomic mass is 127. The Bertz CT molecular complexity index is 740. The fourth-order valence-electron chi connectivity index (χ4n) is 3.54. The second-order valence-electron chi connectivity index (χ2n) is 7.62. The summed E-state index contributed by atoms with van der Waals surface area (Å²) in [4.78, 5) is 11.7. The lowest BCUT2D eigenvalue weighted by Gasteiger charge is -2.33. The van der Waals surface area contributed by atoms with Crippen LogP contribution in [0.25, 0.3) is 0 Å². The number of halogens is 1. The minimum atomic E-state index is 0. The first-order valence-corrected chi connectivity index (χ1v) is 10.4. The van der Waals surface area contributed by atoms with Crippen molar-refractivity contribution in [2.45, 2.75) is 45.6 Å². The van der Waals surface area contributed by atoms with E-state index < -0.39 is 0 Å². The van der Waals surface area contributed by atoms with E-state index in [0.29, 0.717) is 12.0 Å².